The smallest absolute Gasteiger partial charge is 0.315 e. The van der Waals surface area contributed by atoms with Crippen LogP contribution in [0.4, 0.5) is 6.01 Å². The Morgan fingerprint density at radius 2 is 2.58 bits per heavy atom. The van der Waals surface area contributed by atoms with E-state index in [2.05, 4.69) is 20.5 Å². The van der Waals surface area contributed by atoms with Crippen molar-refractivity contribution in [3.05, 3.63) is 23.0 Å². The van der Waals surface area contributed by atoms with E-state index in [-0.39, 0.29) is 0 Å². The summed E-state index contributed by atoms with van der Waals surface area (Å²) in [7, 11) is 0. The zero-order valence-electron chi connectivity index (χ0n) is 6.10. The summed E-state index contributed by atoms with van der Waals surface area (Å²) in [5, 5.41) is 12.1. The van der Waals surface area contributed by atoms with E-state index in [0.29, 0.717) is 12.6 Å². The van der Waals surface area contributed by atoms with Gasteiger partial charge in [0.1, 0.15) is 0 Å². The molecule has 0 radical (unpaired) electrons. The van der Waals surface area contributed by atoms with Crippen molar-refractivity contribution in [1.29, 1.82) is 0 Å². The fourth-order valence-electron chi connectivity index (χ4n) is 0.741. The predicted octanol–water partition coefficient (Wildman–Crippen LogP) is 1.14. The third kappa shape index (κ3) is 1.59. The van der Waals surface area contributed by atoms with E-state index in [1.165, 1.54) is 6.39 Å². The molecule has 0 saturated carbocycles. The van der Waals surface area contributed by atoms with Crippen LogP contribution in [0.25, 0.3) is 0 Å². The number of hydrogen-bond acceptors (Lipinski definition) is 6. The Bertz CT molecular complexity index is 283. The van der Waals surface area contributed by atoms with Crippen LogP contribution in [0.15, 0.2) is 21.7 Å². The van der Waals surface area contributed by atoms with Gasteiger partial charge < -0.3 is 9.73 Å². The van der Waals surface area contributed by atoms with Crippen molar-refractivity contribution < 1.29 is 4.42 Å². The van der Waals surface area contributed by atoms with Gasteiger partial charge in [-0.25, -0.2) is 4.98 Å². The second-order valence-electron chi connectivity index (χ2n) is 2.08. The number of nitrogens with one attached hydrogen (secondary N) is 1. The average molecular weight is 182 g/mol. The highest BCUT2D eigenvalue weighted by molar-refractivity contribution is 7.07. The minimum Gasteiger partial charge on any atom is -0.411 e. The van der Waals surface area contributed by atoms with E-state index in [1.54, 1.807) is 16.8 Å². The molecule has 0 aliphatic heterocycles. The van der Waals surface area contributed by atoms with Crippen molar-refractivity contribution in [3.63, 3.8) is 0 Å². The summed E-state index contributed by atoms with van der Waals surface area (Å²) in [4.78, 5) is 4.08. The molecule has 12 heavy (non-hydrogen) atoms. The van der Waals surface area contributed by atoms with Gasteiger partial charge in [-0.3, -0.25) is 0 Å². The molecule has 0 amide bonds. The van der Waals surface area contributed by atoms with Crippen molar-refractivity contribution in [2.24, 2.45) is 0 Å². The normalized spacial score (nSPS) is 10.0. The van der Waals surface area contributed by atoms with Crippen LogP contribution in [-0.2, 0) is 6.54 Å². The molecular weight excluding hydrogens is 176 g/mol. The minimum atomic E-state index is 0.419. The molecule has 2 heterocycles. The summed E-state index contributed by atoms with van der Waals surface area (Å²) in [6, 6.07) is 0.419. The molecule has 0 unspecified atom stereocenters. The maximum atomic E-state index is 4.87. The zero-order valence-corrected chi connectivity index (χ0v) is 6.91. The fourth-order valence-corrected chi connectivity index (χ4v) is 1.30. The van der Waals surface area contributed by atoms with E-state index < -0.39 is 0 Å². The Kier molecular flexibility index (Phi) is 2.00. The van der Waals surface area contributed by atoms with Gasteiger partial charge in [0.05, 0.1) is 17.7 Å². The number of anilines is 1. The molecule has 0 aliphatic rings. The van der Waals surface area contributed by atoms with Gasteiger partial charge >= 0.3 is 6.01 Å². The molecule has 5 nitrogen and oxygen atoms in total. The van der Waals surface area contributed by atoms with E-state index in [4.69, 9.17) is 4.42 Å². The van der Waals surface area contributed by atoms with Gasteiger partial charge in [0.15, 0.2) is 0 Å². The summed E-state index contributed by atoms with van der Waals surface area (Å²) >= 11 is 1.56. The fraction of sp³-hybridized carbons (Fsp3) is 0.167. The molecule has 62 valence electrons. The van der Waals surface area contributed by atoms with Gasteiger partial charge in [0, 0.05) is 5.38 Å². The number of nitrogens with zero attached hydrogens (tertiary/aromatic N) is 3. The van der Waals surface area contributed by atoms with Crippen molar-refractivity contribution in [3.8, 4) is 0 Å². The maximum absolute atomic E-state index is 4.87. The second-order valence-corrected chi connectivity index (χ2v) is 2.80. The highest BCUT2D eigenvalue weighted by Crippen LogP contribution is 2.04. The molecule has 0 aromatic carbocycles. The van der Waals surface area contributed by atoms with Crippen LogP contribution in [0.3, 0.4) is 0 Å². The van der Waals surface area contributed by atoms with Gasteiger partial charge in [0.2, 0.25) is 6.39 Å². The topological polar surface area (TPSA) is 63.8 Å². The molecule has 0 saturated heterocycles. The van der Waals surface area contributed by atoms with Crippen molar-refractivity contribution in [1.82, 2.24) is 15.2 Å². The first-order valence-corrected chi connectivity index (χ1v) is 4.26. The van der Waals surface area contributed by atoms with Crippen molar-refractivity contribution in [2.45, 2.75) is 6.54 Å². The number of thiazole rings is 1. The number of hydrogen-bond donors (Lipinski definition) is 1. The number of aromatic nitrogens is 3. The van der Waals surface area contributed by atoms with Crippen LogP contribution in [0, 0.1) is 0 Å². The molecule has 0 spiro atoms. The maximum Gasteiger partial charge on any atom is 0.315 e. The van der Waals surface area contributed by atoms with Crippen LogP contribution in [-0.4, -0.2) is 15.2 Å². The Morgan fingerprint density at radius 3 is 3.25 bits per heavy atom. The van der Waals surface area contributed by atoms with Gasteiger partial charge in [-0.1, -0.05) is 5.10 Å². The van der Waals surface area contributed by atoms with Crippen LogP contribution in [0.1, 0.15) is 5.69 Å². The first-order chi connectivity index (χ1) is 5.95. The Morgan fingerprint density at radius 1 is 1.58 bits per heavy atom. The van der Waals surface area contributed by atoms with Crippen LogP contribution >= 0.6 is 11.3 Å². The summed E-state index contributed by atoms with van der Waals surface area (Å²) in [6.07, 6.45) is 1.28. The lowest BCUT2D eigenvalue weighted by Crippen LogP contribution is -1.99. The zero-order chi connectivity index (χ0) is 8.23. The molecule has 2 aromatic rings. The quantitative estimate of drug-likeness (QED) is 0.771. The highest BCUT2D eigenvalue weighted by atomic mass is 32.1. The average Bonchev–Trinajstić information content (AvgIpc) is 2.74. The molecule has 0 aliphatic carbocycles. The standard InChI is InChI=1S/C6H6N4OS/c1(5-2-12-4-8-5)7-6-10-9-3-11-6/h2-4H,1H2,(H,7,10). The van der Waals surface area contributed by atoms with Crippen LogP contribution < -0.4 is 5.32 Å². The van der Waals surface area contributed by atoms with E-state index in [0.717, 1.165) is 5.69 Å². The van der Waals surface area contributed by atoms with Crippen molar-refractivity contribution in [2.75, 3.05) is 5.32 Å². The largest absolute Gasteiger partial charge is 0.411 e. The summed E-state index contributed by atoms with van der Waals surface area (Å²) in [5.41, 5.74) is 2.75. The molecule has 2 rings (SSSR count). The molecule has 0 atom stereocenters. The minimum absolute atomic E-state index is 0.419. The van der Waals surface area contributed by atoms with Crippen molar-refractivity contribution >= 4 is 17.4 Å². The second kappa shape index (κ2) is 3.31. The van der Waals surface area contributed by atoms with E-state index in [1.807, 2.05) is 5.38 Å². The summed E-state index contributed by atoms with van der Waals surface area (Å²) < 4.78 is 4.87. The van der Waals surface area contributed by atoms with E-state index in [9.17, 15) is 0 Å². The summed E-state index contributed by atoms with van der Waals surface area (Å²) in [5.74, 6) is 0. The predicted molar refractivity (Wildman–Crippen MR) is 43.7 cm³/mol. The van der Waals surface area contributed by atoms with Gasteiger partial charge in [0.25, 0.3) is 0 Å². The summed E-state index contributed by atoms with van der Waals surface area (Å²) in [6.45, 7) is 0.617. The highest BCUT2D eigenvalue weighted by Gasteiger charge is 1.98. The first kappa shape index (κ1) is 7.23. The lowest BCUT2D eigenvalue weighted by molar-refractivity contribution is 0.565. The third-order valence-electron chi connectivity index (χ3n) is 1.26. The van der Waals surface area contributed by atoms with E-state index >= 15 is 0 Å². The molecule has 6 heteroatoms. The third-order valence-corrected chi connectivity index (χ3v) is 1.90. The van der Waals surface area contributed by atoms with Gasteiger partial charge in [-0.2, -0.15) is 0 Å². The number of rotatable bonds is 3. The SMILES string of the molecule is c1nnc(NCc2cscn2)o1. The molecule has 0 fully saturated rings. The monoisotopic (exact) mass is 182 g/mol. The van der Waals surface area contributed by atoms with Gasteiger partial charge in [-0.15, -0.1) is 16.4 Å². The Balaban J connectivity index is 1.91. The van der Waals surface area contributed by atoms with Crippen LogP contribution in [0.5, 0.6) is 0 Å². The first-order valence-electron chi connectivity index (χ1n) is 3.32. The molecule has 0 bridgehead atoms. The molecule has 2 aromatic heterocycles. The van der Waals surface area contributed by atoms with Gasteiger partial charge in [-0.05, 0) is 0 Å². The Hall–Kier alpha value is -1.43. The van der Waals surface area contributed by atoms with Crippen LogP contribution in [0.2, 0.25) is 0 Å². The lowest BCUT2D eigenvalue weighted by Gasteiger charge is -1.95. The lowest BCUT2D eigenvalue weighted by atomic mass is 10.5. The molecule has 1 N–H and O–H groups in total. The Labute approximate surface area is 72.5 Å². The molecular formula is C6H6N4OS.